The molecule has 2 aromatic carbocycles. The van der Waals surface area contributed by atoms with Gasteiger partial charge in [-0.05, 0) is 23.3 Å². The summed E-state index contributed by atoms with van der Waals surface area (Å²) in [5.41, 5.74) is 2.25. The Kier molecular flexibility index (Phi) is 6.08. The summed E-state index contributed by atoms with van der Waals surface area (Å²) >= 11 is 0. The molecule has 7 nitrogen and oxygen atoms in total. The molecule has 1 atom stereocenters. The Balaban J connectivity index is 1.27. The van der Waals surface area contributed by atoms with Gasteiger partial charge in [0.15, 0.2) is 6.61 Å². The lowest BCUT2D eigenvalue weighted by molar-refractivity contribution is -0.132. The highest BCUT2D eigenvalue weighted by molar-refractivity contribution is 5.78. The van der Waals surface area contributed by atoms with E-state index in [9.17, 15) is 4.79 Å². The third kappa shape index (κ3) is 4.68. The van der Waals surface area contributed by atoms with Crippen molar-refractivity contribution in [1.29, 1.82) is 0 Å². The first-order valence-electron chi connectivity index (χ1n) is 9.80. The Morgan fingerprint density at radius 2 is 1.70 bits per heavy atom. The number of carbonyl (C=O) groups is 1. The number of aromatic nitrogens is 2. The van der Waals surface area contributed by atoms with E-state index in [1.54, 1.807) is 17.3 Å². The van der Waals surface area contributed by atoms with E-state index in [0.717, 1.165) is 17.5 Å². The van der Waals surface area contributed by atoms with Crippen molar-refractivity contribution in [2.75, 3.05) is 26.8 Å². The van der Waals surface area contributed by atoms with Crippen LogP contribution < -0.4 is 14.2 Å². The molecule has 30 heavy (non-hydrogen) atoms. The Bertz CT molecular complexity index is 979. The maximum absolute atomic E-state index is 12.5. The van der Waals surface area contributed by atoms with Crippen molar-refractivity contribution in [2.24, 2.45) is 0 Å². The van der Waals surface area contributed by atoms with Crippen molar-refractivity contribution in [3.63, 3.8) is 0 Å². The van der Waals surface area contributed by atoms with E-state index in [-0.39, 0.29) is 18.6 Å². The number of nitrogens with zero attached hydrogens (tertiary/aromatic N) is 3. The molecule has 0 aliphatic carbocycles. The summed E-state index contributed by atoms with van der Waals surface area (Å²) in [6, 6.07) is 17.9. The molecular formula is C23H23N3O4. The first-order chi connectivity index (χ1) is 14.7. The molecule has 0 N–H and O–H groups in total. The van der Waals surface area contributed by atoms with Crippen molar-refractivity contribution in [2.45, 2.75) is 12.5 Å². The molecule has 1 fully saturated rings. The number of rotatable bonds is 7. The van der Waals surface area contributed by atoms with Crippen LogP contribution in [0.15, 0.2) is 67.0 Å². The minimum Gasteiger partial charge on any atom is -0.484 e. The van der Waals surface area contributed by atoms with Crippen LogP contribution in [0.3, 0.4) is 0 Å². The van der Waals surface area contributed by atoms with E-state index in [0.29, 0.717) is 30.6 Å². The summed E-state index contributed by atoms with van der Waals surface area (Å²) < 4.78 is 16.7. The fraction of sp³-hybridized carbons (Fsp3) is 0.261. The SMILES string of the molecule is COc1nccnc1OC1CCN(C(=O)COc2ccc(-c3ccccc3)cc2)C1. The van der Waals surface area contributed by atoms with Crippen LogP contribution in [0.2, 0.25) is 0 Å². The predicted molar refractivity (Wildman–Crippen MR) is 112 cm³/mol. The van der Waals surface area contributed by atoms with Gasteiger partial charge in [0.25, 0.3) is 17.7 Å². The summed E-state index contributed by atoms with van der Waals surface area (Å²) in [5.74, 6) is 1.28. The van der Waals surface area contributed by atoms with Gasteiger partial charge in [0.1, 0.15) is 11.9 Å². The summed E-state index contributed by atoms with van der Waals surface area (Å²) in [5, 5.41) is 0. The van der Waals surface area contributed by atoms with Gasteiger partial charge in [-0.3, -0.25) is 4.79 Å². The van der Waals surface area contributed by atoms with E-state index in [1.165, 1.54) is 7.11 Å². The zero-order valence-corrected chi connectivity index (χ0v) is 16.7. The van der Waals surface area contributed by atoms with E-state index in [2.05, 4.69) is 22.1 Å². The van der Waals surface area contributed by atoms with Gasteiger partial charge in [0, 0.05) is 25.4 Å². The van der Waals surface area contributed by atoms with Crippen LogP contribution >= 0.6 is 0 Å². The highest BCUT2D eigenvalue weighted by Gasteiger charge is 2.29. The molecule has 1 saturated heterocycles. The number of hydrogen-bond acceptors (Lipinski definition) is 6. The van der Waals surface area contributed by atoms with Crippen LogP contribution in [0.25, 0.3) is 11.1 Å². The third-order valence-electron chi connectivity index (χ3n) is 4.93. The lowest BCUT2D eigenvalue weighted by Crippen LogP contribution is -2.34. The number of carbonyl (C=O) groups excluding carboxylic acids is 1. The molecule has 154 valence electrons. The first-order valence-corrected chi connectivity index (χ1v) is 9.80. The van der Waals surface area contributed by atoms with Gasteiger partial charge in [0.05, 0.1) is 13.7 Å². The van der Waals surface area contributed by atoms with Crippen LogP contribution in [0.1, 0.15) is 6.42 Å². The minimum atomic E-state index is -0.148. The van der Waals surface area contributed by atoms with Gasteiger partial charge in [0.2, 0.25) is 0 Å². The summed E-state index contributed by atoms with van der Waals surface area (Å²) in [6.45, 7) is 1.09. The molecule has 1 amide bonds. The topological polar surface area (TPSA) is 73.8 Å². The average molecular weight is 405 g/mol. The standard InChI is InChI=1S/C23H23N3O4/c1-28-22-23(25-13-12-24-22)30-20-11-14-26(15-20)21(27)16-29-19-9-7-18(8-10-19)17-5-3-2-4-6-17/h2-10,12-13,20H,11,14-16H2,1H3. The fourth-order valence-electron chi connectivity index (χ4n) is 3.35. The summed E-state index contributed by atoms with van der Waals surface area (Å²) in [4.78, 5) is 22.5. The van der Waals surface area contributed by atoms with Crippen molar-refractivity contribution in [1.82, 2.24) is 14.9 Å². The molecular weight excluding hydrogens is 382 g/mol. The van der Waals surface area contributed by atoms with E-state index >= 15 is 0 Å². The van der Waals surface area contributed by atoms with E-state index in [4.69, 9.17) is 14.2 Å². The zero-order chi connectivity index (χ0) is 20.8. The van der Waals surface area contributed by atoms with Gasteiger partial charge >= 0.3 is 0 Å². The number of likely N-dealkylation sites (tertiary alicyclic amines) is 1. The Morgan fingerprint density at radius 3 is 2.43 bits per heavy atom. The Labute approximate surface area is 175 Å². The lowest BCUT2D eigenvalue weighted by atomic mass is 10.1. The smallest absolute Gasteiger partial charge is 0.278 e. The maximum atomic E-state index is 12.5. The second-order valence-corrected chi connectivity index (χ2v) is 6.92. The second-order valence-electron chi connectivity index (χ2n) is 6.92. The normalized spacial score (nSPS) is 15.6. The number of methoxy groups -OCH3 is 1. The molecule has 0 saturated carbocycles. The van der Waals surface area contributed by atoms with Gasteiger partial charge in [-0.2, -0.15) is 0 Å². The lowest BCUT2D eigenvalue weighted by Gasteiger charge is -2.17. The summed E-state index contributed by atoms with van der Waals surface area (Å²) in [7, 11) is 1.52. The van der Waals surface area contributed by atoms with Crippen LogP contribution in [-0.2, 0) is 4.79 Å². The van der Waals surface area contributed by atoms with Crippen molar-refractivity contribution < 1.29 is 19.0 Å². The molecule has 1 unspecified atom stereocenters. The van der Waals surface area contributed by atoms with E-state index in [1.807, 2.05) is 42.5 Å². The summed E-state index contributed by atoms with van der Waals surface area (Å²) in [6.07, 6.45) is 3.66. The van der Waals surface area contributed by atoms with Crippen molar-refractivity contribution in [3.8, 4) is 28.6 Å². The third-order valence-corrected chi connectivity index (χ3v) is 4.93. The van der Waals surface area contributed by atoms with Gasteiger partial charge in [-0.15, -0.1) is 0 Å². The predicted octanol–water partition coefficient (Wildman–Crippen LogP) is 3.21. The van der Waals surface area contributed by atoms with Gasteiger partial charge in [-0.1, -0.05) is 42.5 Å². The Morgan fingerprint density at radius 1 is 1.00 bits per heavy atom. The molecule has 3 aromatic rings. The fourth-order valence-corrected chi connectivity index (χ4v) is 3.35. The zero-order valence-electron chi connectivity index (χ0n) is 16.7. The van der Waals surface area contributed by atoms with Crippen LogP contribution in [0.4, 0.5) is 0 Å². The van der Waals surface area contributed by atoms with E-state index < -0.39 is 0 Å². The number of benzene rings is 2. The van der Waals surface area contributed by atoms with Gasteiger partial charge in [-0.25, -0.2) is 9.97 Å². The molecule has 7 heteroatoms. The number of amides is 1. The maximum Gasteiger partial charge on any atom is 0.278 e. The Hall–Kier alpha value is -3.61. The minimum absolute atomic E-state index is 0.00807. The molecule has 0 bridgehead atoms. The molecule has 1 aliphatic rings. The number of ether oxygens (including phenoxy) is 3. The molecule has 1 aliphatic heterocycles. The second kappa shape index (κ2) is 9.26. The largest absolute Gasteiger partial charge is 0.484 e. The molecule has 0 radical (unpaired) electrons. The van der Waals surface area contributed by atoms with Crippen LogP contribution in [-0.4, -0.2) is 53.7 Å². The average Bonchev–Trinajstić information content (AvgIpc) is 3.27. The molecule has 0 spiro atoms. The first kappa shape index (κ1) is 19.7. The molecule has 4 rings (SSSR count). The number of hydrogen-bond donors (Lipinski definition) is 0. The quantitative estimate of drug-likeness (QED) is 0.601. The highest BCUT2D eigenvalue weighted by atomic mass is 16.5. The highest BCUT2D eigenvalue weighted by Crippen LogP contribution is 2.24. The monoisotopic (exact) mass is 405 g/mol. The van der Waals surface area contributed by atoms with Gasteiger partial charge < -0.3 is 19.1 Å². The van der Waals surface area contributed by atoms with Crippen molar-refractivity contribution in [3.05, 3.63) is 67.0 Å². The van der Waals surface area contributed by atoms with Crippen LogP contribution in [0.5, 0.6) is 17.5 Å². The van der Waals surface area contributed by atoms with Crippen LogP contribution in [0, 0.1) is 0 Å². The van der Waals surface area contributed by atoms with Crippen molar-refractivity contribution >= 4 is 5.91 Å². The molecule has 2 heterocycles. The molecule has 1 aromatic heterocycles.